The molecule has 164 valence electrons. The lowest BCUT2D eigenvalue weighted by molar-refractivity contribution is -0.116. The number of nitrogens with one attached hydrogen (secondary N) is 2. The van der Waals surface area contributed by atoms with Crippen LogP contribution in [0.2, 0.25) is 0 Å². The van der Waals surface area contributed by atoms with Crippen molar-refractivity contribution in [2.75, 3.05) is 10.6 Å². The summed E-state index contributed by atoms with van der Waals surface area (Å²) in [5.74, 6) is 1.06. The molecule has 0 bridgehead atoms. The van der Waals surface area contributed by atoms with E-state index in [0.29, 0.717) is 5.69 Å². The van der Waals surface area contributed by atoms with Crippen LogP contribution in [0.1, 0.15) is 17.2 Å². The van der Waals surface area contributed by atoms with E-state index in [1.54, 1.807) is 0 Å². The average Bonchev–Trinajstić information content (AvgIpc) is 3.21. The van der Waals surface area contributed by atoms with E-state index < -0.39 is 5.92 Å². The predicted octanol–water partition coefficient (Wildman–Crippen LogP) is 6.85. The van der Waals surface area contributed by atoms with Crippen molar-refractivity contribution in [2.24, 2.45) is 0 Å². The zero-order valence-corrected chi connectivity index (χ0v) is 18.2. The van der Waals surface area contributed by atoms with Gasteiger partial charge in [0.05, 0.1) is 11.2 Å². The molecule has 5 aromatic rings. The van der Waals surface area contributed by atoms with Gasteiger partial charge in [0.1, 0.15) is 17.4 Å². The number of carbonyl (C=O) groups is 1. The Balaban J connectivity index is 1.34. The molecule has 5 nitrogen and oxygen atoms in total. The number of hydrogen-bond donors (Lipinski definition) is 2. The lowest BCUT2D eigenvalue weighted by Crippen LogP contribution is -2.14. The van der Waals surface area contributed by atoms with Gasteiger partial charge in [-0.25, -0.2) is 0 Å². The van der Waals surface area contributed by atoms with Crippen molar-refractivity contribution >= 4 is 33.9 Å². The fraction of sp³-hybridized carbons (Fsp3) is 0.0345. The van der Waals surface area contributed by atoms with Crippen LogP contribution in [0.5, 0.6) is 11.5 Å². The Morgan fingerprint density at radius 1 is 0.765 bits per heavy atom. The van der Waals surface area contributed by atoms with Gasteiger partial charge in [-0.1, -0.05) is 54.6 Å². The quantitative estimate of drug-likeness (QED) is 0.312. The summed E-state index contributed by atoms with van der Waals surface area (Å²) in [6.07, 6.45) is 0. The monoisotopic (exact) mass is 443 g/mol. The number of nitrogens with zero attached hydrogens (tertiary/aromatic N) is 1. The molecule has 0 aliphatic carbocycles. The molecular weight excluding hydrogens is 422 g/mol. The Bertz CT molecular complexity index is 1500. The number of fused-ring (bicyclic) bond motifs is 2. The lowest BCUT2D eigenvalue weighted by atomic mass is 9.95. The molecule has 2 N–H and O–H groups in total. The number of benzene rings is 4. The van der Waals surface area contributed by atoms with Crippen LogP contribution < -0.4 is 15.4 Å². The standard InChI is InChI=1S/C29H21N3O2/c33-29-28(23-11-5-7-13-25(23)32-29)27-18-26(22-10-4-6-12-24(22)31-27)30-19-14-16-21(17-15-19)34-20-8-2-1-3-9-20/h1-18,28H,(H,30,31)(H,32,33). The van der Waals surface area contributed by atoms with Crippen LogP contribution in [0.4, 0.5) is 17.1 Å². The van der Waals surface area contributed by atoms with Gasteiger partial charge in [0.2, 0.25) is 5.91 Å². The van der Waals surface area contributed by atoms with Crippen LogP contribution in [0.25, 0.3) is 10.9 Å². The van der Waals surface area contributed by atoms with Crippen LogP contribution in [0, 0.1) is 0 Å². The number of pyridine rings is 1. The molecule has 0 saturated carbocycles. The molecule has 0 radical (unpaired) electrons. The molecule has 1 amide bonds. The molecule has 0 fully saturated rings. The summed E-state index contributed by atoms with van der Waals surface area (Å²) in [7, 11) is 0. The number of ether oxygens (including phenoxy) is 1. The second kappa shape index (κ2) is 8.37. The molecule has 1 aromatic heterocycles. The van der Waals surface area contributed by atoms with E-state index in [-0.39, 0.29) is 5.91 Å². The highest BCUT2D eigenvalue weighted by Crippen LogP contribution is 2.38. The lowest BCUT2D eigenvalue weighted by Gasteiger charge is -2.15. The maximum absolute atomic E-state index is 12.8. The third-order valence-corrected chi connectivity index (χ3v) is 5.94. The van der Waals surface area contributed by atoms with Crippen LogP contribution in [-0.4, -0.2) is 10.9 Å². The first-order chi connectivity index (χ1) is 16.7. The zero-order chi connectivity index (χ0) is 22.9. The van der Waals surface area contributed by atoms with Crippen molar-refractivity contribution in [3.8, 4) is 11.5 Å². The molecule has 6 rings (SSSR count). The minimum absolute atomic E-state index is 0.0580. The highest BCUT2D eigenvalue weighted by atomic mass is 16.5. The summed E-state index contributed by atoms with van der Waals surface area (Å²) in [5.41, 5.74) is 5.16. The maximum atomic E-state index is 12.8. The summed E-state index contributed by atoms with van der Waals surface area (Å²) >= 11 is 0. The molecule has 2 heterocycles. The van der Waals surface area contributed by atoms with Crippen LogP contribution in [0.3, 0.4) is 0 Å². The molecule has 34 heavy (non-hydrogen) atoms. The average molecular weight is 444 g/mol. The first kappa shape index (κ1) is 20.0. The minimum atomic E-state index is -0.442. The van der Waals surface area contributed by atoms with Gasteiger partial charge in [0.15, 0.2) is 0 Å². The van der Waals surface area contributed by atoms with Crippen molar-refractivity contribution in [1.82, 2.24) is 4.98 Å². The molecule has 1 unspecified atom stereocenters. The Labute approximate surface area is 197 Å². The molecule has 4 aromatic carbocycles. The van der Waals surface area contributed by atoms with Gasteiger partial charge in [-0.3, -0.25) is 9.78 Å². The van der Waals surface area contributed by atoms with Crippen molar-refractivity contribution in [2.45, 2.75) is 5.92 Å². The normalized spacial score (nSPS) is 14.5. The second-order valence-corrected chi connectivity index (χ2v) is 8.19. The fourth-order valence-corrected chi connectivity index (χ4v) is 4.34. The fourth-order valence-electron chi connectivity index (χ4n) is 4.34. The Kier molecular flexibility index (Phi) is 4.92. The van der Waals surface area contributed by atoms with Crippen molar-refractivity contribution < 1.29 is 9.53 Å². The van der Waals surface area contributed by atoms with Gasteiger partial charge in [0.25, 0.3) is 0 Å². The highest BCUT2D eigenvalue weighted by molar-refractivity contribution is 6.05. The first-order valence-corrected chi connectivity index (χ1v) is 11.1. The minimum Gasteiger partial charge on any atom is -0.457 e. The molecule has 0 saturated heterocycles. The van der Waals surface area contributed by atoms with Crippen molar-refractivity contribution in [1.29, 1.82) is 0 Å². The molecule has 1 aliphatic heterocycles. The first-order valence-electron chi connectivity index (χ1n) is 11.1. The van der Waals surface area contributed by atoms with Crippen LogP contribution >= 0.6 is 0 Å². The zero-order valence-electron chi connectivity index (χ0n) is 18.2. The van der Waals surface area contributed by atoms with Crippen LogP contribution in [0.15, 0.2) is 109 Å². The topological polar surface area (TPSA) is 63.2 Å². The van der Waals surface area contributed by atoms with Crippen molar-refractivity contribution in [3.05, 3.63) is 120 Å². The number of amides is 1. The number of aromatic nitrogens is 1. The third-order valence-electron chi connectivity index (χ3n) is 5.94. The number of hydrogen-bond acceptors (Lipinski definition) is 4. The van der Waals surface area contributed by atoms with Gasteiger partial charge in [-0.05, 0) is 60.2 Å². The number of carbonyl (C=O) groups excluding carboxylic acids is 1. The van der Waals surface area contributed by atoms with Gasteiger partial charge < -0.3 is 15.4 Å². The Morgan fingerprint density at radius 3 is 2.32 bits per heavy atom. The summed E-state index contributed by atoms with van der Waals surface area (Å²) in [5, 5.41) is 7.48. The molecule has 1 atom stereocenters. The summed E-state index contributed by atoms with van der Waals surface area (Å²) in [4.78, 5) is 17.7. The summed E-state index contributed by atoms with van der Waals surface area (Å²) in [6.45, 7) is 0. The number of para-hydroxylation sites is 3. The van der Waals surface area contributed by atoms with Crippen molar-refractivity contribution in [3.63, 3.8) is 0 Å². The molecule has 1 aliphatic rings. The Hall–Kier alpha value is -4.64. The highest BCUT2D eigenvalue weighted by Gasteiger charge is 2.33. The number of anilines is 3. The van der Waals surface area contributed by atoms with E-state index in [0.717, 1.165) is 45.0 Å². The summed E-state index contributed by atoms with van der Waals surface area (Å²) < 4.78 is 5.90. The Morgan fingerprint density at radius 2 is 1.47 bits per heavy atom. The van der Waals surface area contributed by atoms with E-state index in [2.05, 4.69) is 10.6 Å². The molecule has 5 heteroatoms. The van der Waals surface area contributed by atoms with E-state index in [9.17, 15) is 4.79 Å². The molecular formula is C29H21N3O2. The maximum Gasteiger partial charge on any atom is 0.238 e. The van der Waals surface area contributed by atoms with Crippen LogP contribution in [-0.2, 0) is 4.79 Å². The largest absolute Gasteiger partial charge is 0.457 e. The van der Waals surface area contributed by atoms with Gasteiger partial charge in [-0.2, -0.15) is 0 Å². The van der Waals surface area contributed by atoms with Gasteiger partial charge >= 0.3 is 0 Å². The smallest absolute Gasteiger partial charge is 0.238 e. The van der Waals surface area contributed by atoms with E-state index in [1.807, 2.05) is 109 Å². The third kappa shape index (κ3) is 3.73. The predicted molar refractivity (Wildman–Crippen MR) is 135 cm³/mol. The molecule has 0 spiro atoms. The summed E-state index contributed by atoms with van der Waals surface area (Å²) in [6, 6.07) is 35.2. The van der Waals surface area contributed by atoms with E-state index in [1.165, 1.54) is 0 Å². The van der Waals surface area contributed by atoms with E-state index >= 15 is 0 Å². The van der Waals surface area contributed by atoms with E-state index in [4.69, 9.17) is 9.72 Å². The SMILES string of the molecule is O=C1Nc2ccccc2C1c1cc(Nc2ccc(Oc3ccccc3)cc2)c2ccccc2n1. The number of rotatable bonds is 5. The second-order valence-electron chi connectivity index (χ2n) is 8.19. The van der Waals surface area contributed by atoms with Gasteiger partial charge in [0, 0.05) is 22.4 Å². The van der Waals surface area contributed by atoms with Gasteiger partial charge in [-0.15, -0.1) is 0 Å².